The molecule has 0 spiro atoms. The Bertz CT molecular complexity index is 1210. The second-order valence-corrected chi connectivity index (χ2v) is 12.9. The zero-order valence-corrected chi connectivity index (χ0v) is 19.2. The predicted octanol–water partition coefficient (Wildman–Crippen LogP) is 1.45. The fourth-order valence-electron chi connectivity index (χ4n) is 4.05. The van der Waals surface area contributed by atoms with E-state index in [0.29, 0.717) is 42.6 Å². The maximum absolute atomic E-state index is 12.8. The van der Waals surface area contributed by atoms with E-state index in [0.717, 1.165) is 11.0 Å². The summed E-state index contributed by atoms with van der Waals surface area (Å²) in [6.45, 7) is 2.34. The summed E-state index contributed by atoms with van der Waals surface area (Å²) in [5, 5.41) is -0.179. The third-order valence-electron chi connectivity index (χ3n) is 5.75. The number of nitrogens with zero attached hydrogens (tertiary/aromatic N) is 4. The van der Waals surface area contributed by atoms with Crippen LogP contribution in [0.3, 0.4) is 0 Å². The number of rotatable bonds is 4. The van der Waals surface area contributed by atoms with Gasteiger partial charge in [0.25, 0.3) is 0 Å². The van der Waals surface area contributed by atoms with Crippen LogP contribution in [0, 0.1) is 4.77 Å². The molecule has 0 saturated carbocycles. The lowest BCUT2D eigenvalue weighted by Gasteiger charge is -2.35. The molecule has 160 valence electrons. The summed E-state index contributed by atoms with van der Waals surface area (Å²) in [4.78, 5) is 2.15. The highest BCUT2D eigenvalue weighted by Gasteiger charge is 2.41. The molecule has 0 aliphatic carbocycles. The number of halogens is 1. The Kier molecular flexibility index (Phi) is 5.58. The van der Waals surface area contributed by atoms with Gasteiger partial charge in [0, 0.05) is 38.2 Å². The summed E-state index contributed by atoms with van der Waals surface area (Å²) < 4.78 is 55.0. The highest BCUT2D eigenvalue weighted by molar-refractivity contribution is 7.95. The van der Waals surface area contributed by atoms with E-state index >= 15 is 0 Å². The topological polar surface area (TPSA) is 84.6 Å². The number of piperazine rings is 1. The third-order valence-corrected chi connectivity index (χ3v) is 10.8. The van der Waals surface area contributed by atoms with Crippen molar-refractivity contribution in [2.75, 3.05) is 37.7 Å². The van der Waals surface area contributed by atoms with E-state index in [2.05, 4.69) is 4.90 Å². The van der Waals surface area contributed by atoms with E-state index < -0.39 is 25.1 Å². The Morgan fingerprint density at radius 3 is 2.48 bits per heavy atom. The number of aryl methyl sites for hydroxylation is 1. The minimum absolute atomic E-state index is 0.0429. The first kappa shape index (κ1) is 21.3. The van der Waals surface area contributed by atoms with Gasteiger partial charge in [-0.3, -0.25) is 4.90 Å². The van der Waals surface area contributed by atoms with E-state index in [-0.39, 0.29) is 17.9 Å². The number of benzene rings is 1. The van der Waals surface area contributed by atoms with Crippen LogP contribution in [-0.4, -0.2) is 78.1 Å². The average Bonchev–Trinajstić information content (AvgIpc) is 3.15. The van der Waals surface area contributed by atoms with Crippen molar-refractivity contribution in [1.82, 2.24) is 18.3 Å². The van der Waals surface area contributed by atoms with Crippen LogP contribution < -0.4 is 0 Å². The summed E-state index contributed by atoms with van der Waals surface area (Å²) >= 11 is 11.7. The Labute approximate surface area is 180 Å². The van der Waals surface area contributed by atoms with E-state index in [4.69, 9.17) is 23.8 Å². The van der Waals surface area contributed by atoms with Crippen molar-refractivity contribution in [2.45, 2.75) is 18.3 Å². The first-order valence-electron chi connectivity index (χ1n) is 9.35. The second-order valence-electron chi connectivity index (χ2n) is 7.63. The van der Waals surface area contributed by atoms with Crippen LogP contribution in [0.2, 0.25) is 5.02 Å². The standard InChI is InChI=1S/C17H23ClN4O4S3/c1-19-15-3-2-13(18)10-16(15)22(17(19)27)12-20-5-7-21(8-6-20)29(25,26)14-4-9-28(23,24)11-14/h2-3,10,14H,4-9,11-12H2,1H3. The highest BCUT2D eigenvalue weighted by Crippen LogP contribution is 2.25. The monoisotopic (exact) mass is 478 g/mol. The Hall–Kier alpha value is -0.980. The molecule has 2 aromatic rings. The van der Waals surface area contributed by atoms with Gasteiger partial charge in [0.2, 0.25) is 10.0 Å². The summed E-state index contributed by atoms with van der Waals surface area (Å²) in [6, 6.07) is 5.65. The first-order chi connectivity index (χ1) is 13.6. The van der Waals surface area contributed by atoms with Crippen molar-refractivity contribution < 1.29 is 16.8 Å². The third kappa shape index (κ3) is 4.00. The van der Waals surface area contributed by atoms with Crippen LogP contribution in [0.15, 0.2) is 18.2 Å². The largest absolute Gasteiger partial charge is 0.320 e. The van der Waals surface area contributed by atoms with Gasteiger partial charge >= 0.3 is 0 Å². The lowest BCUT2D eigenvalue weighted by Crippen LogP contribution is -2.51. The molecule has 8 nitrogen and oxygen atoms in total. The number of sulfonamides is 1. The summed E-state index contributed by atoms with van der Waals surface area (Å²) in [5.41, 5.74) is 1.93. The van der Waals surface area contributed by atoms with Gasteiger partial charge in [-0.1, -0.05) is 11.6 Å². The predicted molar refractivity (Wildman–Crippen MR) is 116 cm³/mol. The molecule has 0 N–H and O–H groups in total. The quantitative estimate of drug-likeness (QED) is 0.618. The van der Waals surface area contributed by atoms with Crippen molar-refractivity contribution in [1.29, 1.82) is 0 Å². The number of imidazole rings is 1. The first-order valence-corrected chi connectivity index (χ1v) is 13.5. The van der Waals surface area contributed by atoms with Gasteiger partial charge in [-0.15, -0.1) is 0 Å². The molecule has 29 heavy (non-hydrogen) atoms. The summed E-state index contributed by atoms with van der Waals surface area (Å²) in [5.74, 6) is -0.305. The van der Waals surface area contributed by atoms with Crippen molar-refractivity contribution in [3.63, 3.8) is 0 Å². The molecular formula is C17H23ClN4O4S3. The minimum atomic E-state index is -3.59. The Morgan fingerprint density at radius 1 is 1.17 bits per heavy atom. The maximum Gasteiger partial charge on any atom is 0.218 e. The highest BCUT2D eigenvalue weighted by atomic mass is 35.5. The molecule has 1 aromatic heterocycles. The molecular weight excluding hydrogens is 456 g/mol. The fraction of sp³-hybridized carbons (Fsp3) is 0.588. The number of fused-ring (bicyclic) bond motifs is 1. The van der Waals surface area contributed by atoms with E-state index in [1.54, 1.807) is 0 Å². The van der Waals surface area contributed by atoms with Crippen LogP contribution in [0.25, 0.3) is 11.0 Å². The van der Waals surface area contributed by atoms with Crippen molar-refractivity contribution in [2.24, 2.45) is 7.05 Å². The van der Waals surface area contributed by atoms with Crippen LogP contribution in [0.5, 0.6) is 0 Å². The molecule has 4 rings (SSSR count). The molecule has 1 aromatic carbocycles. The average molecular weight is 479 g/mol. The van der Waals surface area contributed by atoms with Gasteiger partial charge in [0.05, 0.1) is 34.5 Å². The molecule has 0 radical (unpaired) electrons. The maximum atomic E-state index is 12.8. The molecule has 0 bridgehead atoms. The zero-order valence-electron chi connectivity index (χ0n) is 16.0. The van der Waals surface area contributed by atoms with E-state index in [9.17, 15) is 16.8 Å². The van der Waals surface area contributed by atoms with Gasteiger partial charge in [0.15, 0.2) is 14.6 Å². The fourth-order valence-corrected chi connectivity index (χ4v) is 8.99. The van der Waals surface area contributed by atoms with E-state index in [1.807, 2.05) is 34.4 Å². The number of aromatic nitrogens is 2. The summed E-state index contributed by atoms with van der Waals surface area (Å²) in [7, 11) is -4.92. The van der Waals surface area contributed by atoms with Gasteiger partial charge in [-0.25, -0.2) is 16.8 Å². The smallest absolute Gasteiger partial charge is 0.218 e. The van der Waals surface area contributed by atoms with Crippen LogP contribution in [-0.2, 0) is 33.6 Å². The molecule has 0 amide bonds. The lowest BCUT2D eigenvalue weighted by atomic mass is 10.3. The normalized spacial score (nSPS) is 23.7. The van der Waals surface area contributed by atoms with Crippen molar-refractivity contribution in [3.05, 3.63) is 28.0 Å². The van der Waals surface area contributed by atoms with Crippen LogP contribution >= 0.6 is 23.8 Å². The molecule has 3 heterocycles. The van der Waals surface area contributed by atoms with Gasteiger partial charge < -0.3 is 9.13 Å². The molecule has 1 unspecified atom stereocenters. The lowest BCUT2D eigenvalue weighted by molar-refractivity contribution is 0.153. The van der Waals surface area contributed by atoms with E-state index in [1.165, 1.54) is 4.31 Å². The SMILES string of the molecule is Cn1c(=S)n(CN2CCN(S(=O)(=O)C3CCS(=O)(=O)C3)CC2)c2cc(Cl)ccc21. The van der Waals surface area contributed by atoms with Gasteiger partial charge in [0.1, 0.15) is 0 Å². The molecule has 2 saturated heterocycles. The Morgan fingerprint density at radius 2 is 1.86 bits per heavy atom. The Balaban J connectivity index is 1.47. The molecule has 2 fully saturated rings. The minimum Gasteiger partial charge on any atom is -0.320 e. The molecule has 2 aliphatic heterocycles. The van der Waals surface area contributed by atoms with Crippen molar-refractivity contribution >= 4 is 54.7 Å². The molecule has 1 atom stereocenters. The molecule has 2 aliphatic rings. The number of sulfone groups is 1. The zero-order chi connectivity index (χ0) is 21.0. The van der Waals surface area contributed by atoms with Crippen LogP contribution in [0.4, 0.5) is 0 Å². The van der Waals surface area contributed by atoms with Gasteiger partial charge in [-0.2, -0.15) is 4.31 Å². The van der Waals surface area contributed by atoms with Crippen LogP contribution in [0.1, 0.15) is 6.42 Å². The number of hydrogen-bond acceptors (Lipinski definition) is 6. The molecule has 12 heteroatoms. The number of hydrogen-bond donors (Lipinski definition) is 0. The van der Waals surface area contributed by atoms with Gasteiger partial charge in [-0.05, 0) is 36.8 Å². The van der Waals surface area contributed by atoms with Crippen molar-refractivity contribution in [3.8, 4) is 0 Å². The summed E-state index contributed by atoms with van der Waals surface area (Å²) in [6.07, 6.45) is 0.191. The second kappa shape index (κ2) is 7.61.